The molecule has 0 saturated heterocycles. The molecule has 0 amide bonds. The minimum Gasteiger partial charge on any atom is -0.333 e. The zero-order valence-electron chi connectivity index (χ0n) is 12.2. The molecule has 5 heteroatoms. The molecule has 0 radical (unpaired) electrons. The molecule has 0 spiro atoms. The highest BCUT2D eigenvalue weighted by molar-refractivity contribution is 7.13. The summed E-state index contributed by atoms with van der Waals surface area (Å²) in [5.41, 5.74) is 0.613. The molecule has 0 aromatic carbocycles. The van der Waals surface area contributed by atoms with Crippen molar-refractivity contribution in [1.82, 2.24) is 10.1 Å². The maximum atomic E-state index is 9.07. The summed E-state index contributed by atoms with van der Waals surface area (Å²) in [7, 11) is 0. The molecule has 1 aliphatic rings. The van der Waals surface area contributed by atoms with Crippen LogP contribution in [-0.4, -0.2) is 10.1 Å². The average molecular weight is 301 g/mol. The second-order valence-corrected chi connectivity index (χ2v) is 6.66. The van der Waals surface area contributed by atoms with E-state index in [1.54, 1.807) is 6.07 Å². The van der Waals surface area contributed by atoms with Crippen molar-refractivity contribution < 1.29 is 4.52 Å². The van der Waals surface area contributed by atoms with Gasteiger partial charge in [-0.15, -0.1) is 11.3 Å². The summed E-state index contributed by atoms with van der Waals surface area (Å²) in [4.78, 5) is 5.33. The van der Waals surface area contributed by atoms with Crippen LogP contribution in [0.5, 0.6) is 0 Å². The third kappa shape index (κ3) is 3.01. The first-order valence-electron chi connectivity index (χ1n) is 7.63. The van der Waals surface area contributed by atoms with Gasteiger partial charge < -0.3 is 4.52 Å². The maximum Gasteiger partial charge on any atom is 0.269 e. The molecule has 0 atom stereocenters. The summed E-state index contributed by atoms with van der Waals surface area (Å²) in [6.07, 6.45) is 7.45. The molecule has 1 saturated carbocycles. The van der Waals surface area contributed by atoms with E-state index in [1.165, 1.54) is 37.0 Å². The van der Waals surface area contributed by atoms with Crippen LogP contribution in [0.25, 0.3) is 10.8 Å². The molecule has 0 bridgehead atoms. The van der Waals surface area contributed by atoms with Crippen LogP contribution < -0.4 is 0 Å². The van der Waals surface area contributed by atoms with Crippen LogP contribution in [0.3, 0.4) is 0 Å². The van der Waals surface area contributed by atoms with Crippen LogP contribution >= 0.6 is 11.3 Å². The molecule has 21 heavy (non-hydrogen) atoms. The molecule has 1 fully saturated rings. The van der Waals surface area contributed by atoms with Gasteiger partial charge in [0.15, 0.2) is 5.82 Å². The molecule has 0 aliphatic heterocycles. The standard InChI is InChI=1S/C16H19N3OS/c1-2-3-11-4-6-12(7-5-11)15-18-16(20-19-15)14-13(10-17)8-9-21-14/h8-9,11-12H,2-7H2,1H3. The minimum absolute atomic E-state index is 0.418. The second kappa shape index (κ2) is 6.40. The monoisotopic (exact) mass is 301 g/mol. The highest BCUT2D eigenvalue weighted by atomic mass is 32.1. The zero-order chi connectivity index (χ0) is 14.7. The van der Waals surface area contributed by atoms with Crippen LogP contribution in [-0.2, 0) is 0 Å². The number of nitrogens with zero attached hydrogens (tertiary/aromatic N) is 3. The van der Waals surface area contributed by atoms with Crippen molar-refractivity contribution >= 4 is 11.3 Å². The summed E-state index contributed by atoms with van der Waals surface area (Å²) in [6, 6.07) is 3.96. The Morgan fingerprint density at radius 3 is 2.90 bits per heavy atom. The molecule has 4 nitrogen and oxygen atoms in total. The molecule has 3 rings (SSSR count). The van der Waals surface area contributed by atoms with E-state index in [9.17, 15) is 0 Å². The molecule has 2 aromatic heterocycles. The molecule has 110 valence electrons. The van der Waals surface area contributed by atoms with E-state index < -0.39 is 0 Å². The van der Waals surface area contributed by atoms with Crippen LogP contribution in [0.1, 0.15) is 62.8 Å². The Labute approximate surface area is 128 Å². The maximum absolute atomic E-state index is 9.07. The molecule has 2 aromatic rings. The predicted octanol–water partition coefficient (Wildman–Crippen LogP) is 4.74. The molecular weight excluding hydrogens is 282 g/mol. The van der Waals surface area contributed by atoms with Gasteiger partial charge in [-0.05, 0) is 43.0 Å². The number of nitriles is 1. The Morgan fingerprint density at radius 1 is 1.38 bits per heavy atom. The normalized spacial score (nSPS) is 22.1. The van der Waals surface area contributed by atoms with E-state index in [0.717, 1.165) is 29.5 Å². The minimum atomic E-state index is 0.418. The van der Waals surface area contributed by atoms with Gasteiger partial charge in [-0.1, -0.05) is 24.9 Å². The van der Waals surface area contributed by atoms with E-state index in [4.69, 9.17) is 9.78 Å². The molecular formula is C16H19N3OS. The Hall–Kier alpha value is -1.67. The van der Waals surface area contributed by atoms with Gasteiger partial charge in [0.25, 0.3) is 5.89 Å². The van der Waals surface area contributed by atoms with Crippen LogP contribution in [0.15, 0.2) is 16.0 Å². The Balaban J connectivity index is 1.70. The second-order valence-electron chi connectivity index (χ2n) is 5.74. The first-order valence-corrected chi connectivity index (χ1v) is 8.51. The number of hydrogen-bond acceptors (Lipinski definition) is 5. The Bertz CT molecular complexity index is 632. The molecule has 2 heterocycles. The summed E-state index contributed by atoms with van der Waals surface area (Å²) in [5, 5.41) is 15.1. The first kappa shape index (κ1) is 14.3. The van der Waals surface area contributed by atoms with Crippen molar-refractivity contribution in [3.8, 4) is 16.8 Å². The predicted molar refractivity (Wildman–Crippen MR) is 81.9 cm³/mol. The van der Waals surface area contributed by atoms with Crippen LogP contribution in [0.2, 0.25) is 0 Å². The lowest BCUT2D eigenvalue weighted by molar-refractivity contribution is 0.296. The highest BCUT2D eigenvalue weighted by Crippen LogP contribution is 2.37. The fraction of sp³-hybridized carbons (Fsp3) is 0.562. The van der Waals surface area contributed by atoms with Gasteiger partial charge >= 0.3 is 0 Å². The van der Waals surface area contributed by atoms with Gasteiger partial charge in [-0.3, -0.25) is 0 Å². The van der Waals surface area contributed by atoms with Gasteiger partial charge in [0, 0.05) is 5.92 Å². The Morgan fingerprint density at radius 2 is 2.19 bits per heavy atom. The third-order valence-corrected chi connectivity index (χ3v) is 5.23. The SMILES string of the molecule is CCCC1CCC(c2noc(-c3sccc3C#N)n2)CC1. The van der Waals surface area contributed by atoms with Crippen LogP contribution in [0.4, 0.5) is 0 Å². The van der Waals surface area contributed by atoms with Gasteiger partial charge in [-0.25, -0.2) is 0 Å². The fourth-order valence-corrected chi connectivity index (χ4v) is 3.94. The topological polar surface area (TPSA) is 62.7 Å². The Kier molecular flexibility index (Phi) is 4.35. The lowest BCUT2D eigenvalue weighted by atomic mass is 9.80. The van der Waals surface area contributed by atoms with E-state index in [1.807, 2.05) is 5.38 Å². The van der Waals surface area contributed by atoms with Gasteiger partial charge in [-0.2, -0.15) is 10.2 Å². The molecule has 1 aliphatic carbocycles. The average Bonchev–Trinajstić information content (AvgIpc) is 3.17. The van der Waals surface area contributed by atoms with Crippen molar-refractivity contribution in [3.05, 3.63) is 22.8 Å². The summed E-state index contributed by atoms with van der Waals surface area (Å²) < 4.78 is 5.38. The summed E-state index contributed by atoms with van der Waals surface area (Å²) >= 11 is 1.48. The number of hydrogen-bond donors (Lipinski definition) is 0. The number of aromatic nitrogens is 2. The van der Waals surface area contributed by atoms with Crippen molar-refractivity contribution in [1.29, 1.82) is 5.26 Å². The largest absolute Gasteiger partial charge is 0.333 e. The van der Waals surface area contributed by atoms with Crippen LogP contribution in [0, 0.1) is 17.2 Å². The lowest BCUT2D eigenvalue weighted by Gasteiger charge is -2.26. The first-order chi connectivity index (χ1) is 10.3. The zero-order valence-corrected chi connectivity index (χ0v) is 13.0. The number of rotatable bonds is 4. The summed E-state index contributed by atoms with van der Waals surface area (Å²) in [6.45, 7) is 2.26. The smallest absolute Gasteiger partial charge is 0.269 e. The van der Waals surface area contributed by atoms with Gasteiger partial charge in [0.1, 0.15) is 10.9 Å². The van der Waals surface area contributed by atoms with Gasteiger partial charge in [0.05, 0.1) is 5.56 Å². The van der Waals surface area contributed by atoms with Crippen molar-refractivity contribution in [2.45, 2.75) is 51.4 Å². The lowest BCUT2D eigenvalue weighted by Crippen LogP contribution is -2.14. The van der Waals surface area contributed by atoms with E-state index in [2.05, 4.69) is 23.1 Å². The number of thiophene rings is 1. The van der Waals surface area contributed by atoms with Crippen molar-refractivity contribution in [2.75, 3.05) is 0 Å². The highest BCUT2D eigenvalue weighted by Gasteiger charge is 2.26. The fourth-order valence-electron chi connectivity index (χ4n) is 3.17. The van der Waals surface area contributed by atoms with Crippen molar-refractivity contribution in [3.63, 3.8) is 0 Å². The quantitative estimate of drug-likeness (QED) is 0.818. The summed E-state index contributed by atoms with van der Waals surface area (Å²) in [5.74, 6) is 2.60. The van der Waals surface area contributed by atoms with Gasteiger partial charge in [0.2, 0.25) is 0 Å². The molecule has 0 unspecified atom stereocenters. The van der Waals surface area contributed by atoms with Crippen molar-refractivity contribution in [2.24, 2.45) is 5.92 Å². The van der Waals surface area contributed by atoms with E-state index in [0.29, 0.717) is 17.4 Å². The van der Waals surface area contributed by atoms with E-state index >= 15 is 0 Å². The van der Waals surface area contributed by atoms with E-state index in [-0.39, 0.29) is 0 Å². The third-order valence-electron chi connectivity index (χ3n) is 4.33. The molecule has 0 N–H and O–H groups in total.